The van der Waals surface area contributed by atoms with Gasteiger partial charge in [-0.2, -0.15) is 0 Å². The van der Waals surface area contributed by atoms with E-state index in [0.717, 1.165) is 12.8 Å². The smallest absolute Gasteiger partial charge is 0.0264 e. The molecule has 0 aromatic heterocycles. The summed E-state index contributed by atoms with van der Waals surface area (Å²) in [6.07, 6.45) is 7.21. The molecule has 0 heterocycles. The first-order valence-electron chi connectivity index (χ1n) is 12.5. The van der Waals surface area contributed by atoms with Crippen molar-refractivity contribution in [3.05, 3.63) is 108 Å². The molecule has 0 saturated carbocycles. The zero-order valence-electron chi connectivity index (χ0n) is 20.3. The Morgan fingerprint density at radius 1 is 0.500 bits per heavy atom. The standard InChI is InChI=1S/C32H34S2/c1-3-5-13-25-19-21-31(29(23-25)27-15-9-7-10-16-27)33-34-32-22-20-26(14-6-4-2)24-30(32)28-17-11-8-12-18-28/h7-12,15-24H,3-6,13-14H2,1-2H3. The number of hydrogen-bond acceptors (Lipinski definition) is 2. The van der Waals surface area contributed by atoms with Crippen LogP contribution in [0.3, 0.4) is 0 Å². The molecule has 0 nitrogen and oxygen atoms in total. The zero-order valence-corrected chi connectivity index (χ0v) is 21.9. The Labute approximate surface area is 213 Å². The molecular weight excluding hydrogens is 448 g/mol. The summed E-state index contributed by atoms with van der Waals surface area (Å²) in [5.74, 6) is 0. The molecule has 0 aliphatic heterocycles. The molecule has 4 aromatic rings. The van der Waals surface area contributed by atoms with Gasteiger partial charge in [0.1, 0.15) is 0 Å². The van der Waals surface area contributed by atoms with E-state index in [1.165, 1.54) is 68.9 Å². The third-order valence-corrected chi connectivity index (χ3v) is 8.60. The lowest BCUT2D eigenvalue weighted by molar-refractivity contribution is 0.795. The summed E-state index contributed by atoms with van der Waals surface area (Å²) in [6, 6.07) is 35.7. The minimum atomic E-state index is 1.14. The molecule has 4 aromatic carbocycles. The van der Waals surface area contributed by atoms with Gasteiger partial charge in [-0.05, 0) is 71.2 Å². The normalized spacial score (nSPS) is 11.0. The van der Waals surface area contributed by atoms with Crippen molar-refractivity contribution in [1.29, 1.82) is 0 Å². The monoisotopic (exact) mass is 482 g/mol. The van der Waals surface area contributed by atoms with Gasteiger partial charge in [-0.3, -0.25) is 0 Å². The van der Waals surface area contributed by atoms with Crippen LogP contribution in [0.5, 0.6) is 0 Å². The first kappa shape index (κ1) is 24.7. The Balaban J connectivity index is 1.64. The van der Waals surface area contributed by atoms with Crippen LogP contribution in [0.15, 0.2) is 107 Å². The van der Waals surface area contributed by atoms with Crippen molar-refractivity contribution in [2.75, 3.05) is 0 Å². The maximum atomic E-state index is 2.40. The highest BCUT2D eigenvalue weighted by atomic mass is 33.1. The van der Waals surface area contributed by atoms with Crippen LogP contribution in [-0.2, 0) is 12.8 Å². The van der Waals surface area contributed by atoms with E-state index in [2.05, 4.69) is 111 Å². The van der Waals surface area contributed by atoms with E-state index >= 15 is 0 Å². The molecule has 0 aliphatic rings. The van der Waals surface area contributed by atoms with Crippen molar-refractivity contribution < 1.29 is 0 Å². The molecule has 34 heavy (non-hydrogen) atoms. The molecule has 2 heteroatoms. The average molecular weight is 483 g/mol. The van der Waals surface area contributed by atoms with Gasteiger partial charge in [0.25, 0.3) is 0 Å². The maximum Gasteiger partial charge on any atom is 0.0264 e. The van der Waals surface area contributed by atoms with E-state index < -0.39 is 0 Å². The third-order valence-electron chi connectivity index (χ3n) is 6.12. The van der Waals surface area contributed by atoms with Gasteiger partial charge in [0.2, 0.25) is 0 Å². The summed E-state index contributed by atoms with van der Waals surface area (Å²) in [5, 5.41) is 0. The Morgan fingerprint density at radius 3 is 1.29 bits per heavy atom. The molecule has 4 rings (SSSR count). The van der Waals surface area contributed by atoms with Gasteiger partial charge in [0, 0.05) is 9.79 Å². The zero-order chi connectivity index (χ0) is 23.6. The van der Waals surface area contributed by atoms with Gasteiger partial charge in [-0.1, -0.05) is 133 Å². The Morgan fingerprint density at radius 2 is 0.912 bits per heavy atom. The lowest BCUT2D eigenvalue weighted by Gasteiger charge is -2.14. The summed E-state index contributed by atoms with van der Waals surface area (Å²) < 4.78 is 0. The van der Waals surface area contributed by atoms with E-state index in [9.17, 15) is 0 Å². The van der Waals surface area contributed by atoms with E-state index in [1.54, 1.807) is 0 Å². The fraction of sp³-hybridized carbons (Fsp3) is 0.250. The first-order chi connectivity index (χ1) is 16.8. The maximum absolute atomic E-state index is 2.40. The molecule has 0 unspecified atom stereocenters. The highest BCUT2D eigenvalue weighted by Gasteiger charge is 2.12. The quantitative estimate of drug-likeness (QED) is 0.195. The summed E-state index contributed by atoms with van der Waals surface area (Å²) in [6.45, 7) is 4.52. The van der Waals surface area contributed by atoms with Gasteiger partial charge < -0.3 is 0 Å². The molecule has 0 saturated heterocycles. The molecule has 174 valence electrons. The van der Waals surface area contributed by atoms with Gasteiger partial charge in [-0.15, -0.1) is 0 Å². The second-order valence-electron chi connectivity index (χ2n) is 8.77. The fourth-order valence-corrected chi connectivity index (χ4v) is 6.52. The average Bonchev–Trinajstić information content (AvgIpc) is 2.91. The van der Waals surface area contributed by atoms with Gasteiger partial charge in [-0.25, -0.2) is 0 Å². The van der Waals surface area contributed by atoms with Crippen LogP contribution in [0, 0.1) is 0 Å². The van der Waals surface area contributed by atoms with Crippen molar-refractivity contribution in [2.24, 2.45) is 0 Å². The van der Waals surface area contributed by atoms with E-state index in [1.807, 2.05) is 21.6 Å². The fourth-order valence-electron chi connectivity index (χ4n) is 4.15. The summed E-state index contributed by atoms with van der Waals surface area (Å²) in [5.41, 5.74) is 8.13. The number of aryl methyl sites for hydroxylation is 2. The topological polar surface area (TPSA) is 0 Å². The van der Waals surface area contributed by atoms with Crippen molar-refractivity contribution in [2.45, 2.75) is 62.2 Å². The van der Waals surface area contributed by atoms with Gasteiger partial charge in [0.05, 0.1) is 0 Å². The van der Waals surface area contributed by atoms with Crippen LogP contribution in [0.1, 0.15) is 50.7 Å². The minimum Gasteiger partial charge on any atom is -0.0654 e. The molecule has 0 radical (unpaired) electrons. The summed E-state index contributed by atoms with van der Waals surface area (Å²) >= 11 is 0. The second-order valence-corrected chi connectivity index (χ2v) is 11.0. The van der Waals surface area contributed by atoms with Crippen LogP contribution in [0.25, 0.3) is 22.3 Å². The highest BCUT2D eigenvalue weighted by molar-refractivity contribution is 8.76. The SMILES string of the molecule is CCCCc1ccc(SSc2ccc(CCCC)cc2-c2ccccc2)c(-c2ccccc2)c1. The number of unbranched alkanes of at least 4 members (excludes halogenated alkanes) is 2. The molecule has 0 atom stereocenters. The Hall–Kier alpha value is -2.42. The van der Waals surface area contributed by atoms with Gasteiger partial charge in [0.15, 0.2) is 0 Å². The minimum absolute atomic E-state index is 1.14. The van der Waals surface area contributed by atoms with Crippen LogP contribution in [-0.4, -0.2) is 0 Å². The molecule has 0 spiro atoms. The van der Waals surface area contributed by atoms with E-state index in [4.69, 9.17) is 0 Å². The van der Waals surface area contributed by atoms with Crippen molar-refractivity contribution in [3.63, 3.8) is 0 Å². The molecule has 0 aliphatic carbocycles. The highest BCUT2D eigenvalue weighted by Crippen LogP contribution is 2.45. The van der Waals surface area contributed by atoms with Crippen molar-refractivity contribution in [3.8, 4) is 22.3 Å². The lowest BCUT2D eigenvalue weighted by Crippen LogP contribution is -1.90. The second kappa shape index (κ2) is 12.9. The van der Waals surface area contributed by atoms with E-state index in [-0.39, 0.29) is 0 Å². The van der Waals surface area contributed by atoms with E-state index in [0.29, 0.717) is 0 Å². The largest absolute Gasteiger partial charge is 0.0654 e. The Bertz CT molecular complexity index is 1070. The lowest BCUT2D eigenvalue weighted by atomic mass is 10.0. The third kappa shape index (κ3) is 6.58. The number of hydrogen-bond donors (Lipinski definition) is 0. The van der Waals surface area contributed by atoms with Crippen LogP contribution < -0.4 is 0 Å². The predicted octanol–water partition coefficient (Wildman–Crippen LogP) is 10.5. The Kier molecular flexibility index (Phi) is 9.35. The molecule has 0 bridgehead atoms. The summed E-state index contributed by atoms with van der Waals surface area (Å²) in [4.78, 5) is 2.65. The molecule has 0 amide bonds. The number of rotatable bonds is 11. The van der Waals surface area contributed by atoms with Crippen molar-refractivity contribution >= 4 is 21.6 Å². The molecule has 0 N–H and O–H groups in total. The van der Waals surface area contributed by atoms with Crippen LogP contribution in [0.2, 0.25) is 0 Å². The first-order valence-corrected chi connectivity index (χ1v) is 14.6. The predicted molar refractivity (Wildman–Crippen MR) is 153 cm³/mol. The van der Waals surface area contributed by atoms with Gasteiger partial charge >= 0.3 is 0 Å². The summed E-state index contributed by atoms with van der Waals surface area (Å²) in [7, 11) is 3.75. The molecular formula is C32H34S2. The van der Waals surface area contributed by atoms with Crippen molar-refractivity contribution in [1.82, 2.24) is 0 Å². The van der Waals surface area contributed by atoms with Crippen LogP contribution >= 0.6 is 21.6 Å². The van der Waals surface area contributed by atoms with Crippen LogP contribution in [0.4, 0.5) is 0 Å². The molecule has 0 fully saturated rings. The number of benzene rings is 4.